The summed E-state index contributed by atoms with van der Waals surface area (Å²) in [7, 11) is -3.74. The summed E-state index contributed by atoms with van der Waals surface area (Å²) in [5, 5.41) is 2.72. The number of carbonyl (C=O) groups excluding carboxylic acids is 2. The van der Waals surface area contributed by atoms with Gasteiger partial charge in [-0.2, -0.15) is 0 Å². The van der Waals surface area contributed by atoms with E-state index < -0.39 is 15.9 Å². The minimum atomic E-state index is -3.74. The largest absolute Gasteiger partial charge is 0.322 e. The van der Waals surface area contributed by atoms with Gasteiger partial charge in [0.05, 0.1) is 4.90 Å². The van der Waals surface area contributed by atoms with Crippen molar-refractivity contribution >= 4 is 33.1 Å². The van der Waals surface area contributed by atoms with Crippen LogP contribution in [0, 0.1) is 0 Å². The molecule has 0 saturated carbocycles. The van der Waals surface area contributed by atoms with Gasteiger partial charge in [-0.25, -0.2) is 8.42 Å². The molecule has 3 aromatic rings. The first kappa shape index (κ1) is 19.3. The Bertz CT molecular complexity index is 1110. The summed E-state index contributed by atoms with van der Waals surface area (Å²) in [6, 6.07) is 20.7. The molecule has 28 heavy (non-hydrogen) atoms. The zero-order valence-corrected chi connectivity index (χ0v) is 15.9. The van der Waals surface area contributed by atoms with Crippen molar-refractivity contribution in [3.05, 3.63) is 90.0 Å². The molecule has 7 heteroatoms. The topological polar surface area (TPSA) is 92.3 Å². The molecule has 0 bridgehead atoms. The summed E-state index contributed by atoms with van der Waals surface area (Å²) in [5.74, 6) is -0.451. The van der Waals surface area contributed by atoms with Crippen LogP contribution in [0.25, 0.3) is 0 Å². The molecule has 0 atom stereocenters. The van der Waals surface area contributed by atoms with E-state index in [1.165, 1.54) is 25.1 Å². The number of Topliss-reactive ketones (excluding diaryl/α,β-unsaturated/α-hetero) is 1. The van der Waals surface area contributed by atoms with Gasteiger partial charge in [0.2, 0.25) is 0 Å². The summed E-state index contributed by atoms with van der Waals surface area (Å²) in [5.41, 5.74) is 1.66. The van der Waals surface area contributed by atoms with Crippen molar-refractivity contribution in [3.63, 3.8) is 0 Å². The maximum absolute atomic E-state index is 12.5. The fourth-order valence-corrected chi connectivity index (χ4v) is 3.60. The molecule has 0 aliphatic rings. The smallest absolute Gasteiger partial charge is 0.261 e. The molecule has 0 spiro atoms. The number of hydrogen-bond acceptors (Lipinski definition) is 4. The lowest BCUT2D eigenvalue weighted by Crippen LogP contribution is -2.15. The first-order valence-electron chi connectivity index (χ1n) is 8.45. The molecule has 0 aliphatic carbocycles. The van der Waals surface area contributed by atoms with E-state index >= 15 is 0 Å². The van der Waals surface area contributed by atoms with Crippen LogP contribution < -0.4 is 10.0 Å². The van der Waals surface area contributed by atoms with Crippen LogP contribution in [-0.2, 0) is 10.0 Å². The third-order valence-electron chi connectivity index (χ3n) is 3.98. The molecule has 0 saturated heterocycles. The van der Waals surface area contributed by atoms with Crippen molar-refractivity contribution in [1.29, 1.82) is 0 Å². The van der Waals surface area contributed by atoms with Crippen molar-refractivity contribution in [2.45, 2.75) is 11.8 Å². The van der Waals surface area contributed by atoms with Crippen molar-refractivity contribution in [3.8, 4) is 0 Å². The number of ketones is 1. The third kappa shape index (κ3) is 4.63. The maximum atomic E-state index is 12.5. The van der Waals surface area contributed by atoms with Gasteiger partial charge in [-0.3, -0.25) is 14.3 Å². The Hall–Kier alpha value is -3.45. The number of carbonyl (C=O) groups is 2. The number of anilines is 2. The first-order valence-corrected chi connectivity index (χ1v) is 9.94. The highest BCUT2D eigenvalue weighted by molar-refractivity contribution is 7.92. The average Bonchev–Trinajstić information content (AvgIpc) is 2.69. The van der Waals surface area contributed by atoms with E-state index in [4.69, 9.17) is 0 Å². The van der Waals surface area contributed by atoms with Crippen LogP contribution in [0.3, 0.4) is 0 Å². The summed E-state index contributed by atoms with van der Waals surface area (Å²) in [6.07, 6.45) is 0. The van der Waals surface area contributed by atoms with E-state index in [1.54, 1.807) is 60.7 Å². The molecule has 142 valence electrons. The highest BCUT2D eigenvalue weighted by Gasteiger charge is 2.14. The van der Waals surface area contributed by atoms with Crippen LogP contribution in [0.15, 0.2) is 83.8 Å². The Labute approximate surface area is 163 Å². The second-order valence-electron chi connectivity index (χ2n) is 6.09. The molecule has 0 radical (unpaired) electrons. The fourth-order valence-electron chi connectivity index (χ4n) is 2.53. The molecular formula is C21H18N2O4S. The lowest BCUT2D eigenvalue weighted by Gasteiger charge is -2.10. The van der Waals surface area contributed by atoms with Crippen LogP contribution in [0.2, 0.25) is 0 Å². The Morgan fingerprint density at radius 3 is 2.07 bits per heavy atom. The highest BCUT2D eigenvalue weighted by atomic mass is 32.2. The van der Waals surface area contributed by atoms with Crippen LogP contribution in [-0.4, -0.2) is 20.1 Å². The minimum Gasteiger partial charge on any atom is -0.322 e. The summed E-state index contributed by atoms with van der Waals surface area (Å²) >= 11 is 0. The van der Waals surface area contributed by atoms with E-state index in [1.807, 2.05) is 0 Å². The number of rotatable bonds is 6. The monoisotopic (exact) mass is 394 g/mol. The predicted molar refractivity (Wildman–Crippen MR) is 108 cm³/mol. The minimum absolute atomic E-state index is 0.0590. The number of benzene rings is 3. The predicted octanol–water partition coefficient (Wildman–Crippen LogP) is 3.94. The zero-order chi connectivity index (χ0) is 20.1. The van der Waals surface area contributed by atoms with Crippen LogP contribution in [0.1, 0.15) is 27.6 Å². The summed E-state index contributed by atoms with van der Waals surface area (Å²) in [6.45, 7) is 1.47. The van der Waals surface area contributed by atoms with Gasteiger partial charge in [0.1, 0.15) is 0 Å². The molecule has 0 aromatic heterocycles. The van der Waals surface area contributed by atoms with Gasteiger partial charge in [0.25, 0.3) is 15.9 Å². The van der Waals surface area contributed by atoms with Crippen molar-refractivity contribution in [1.82, 2.24) is 0 Å². The SMILES string of the molecule is CC(=O)c1ccc(NC(=O)c2cccc(NS(=O)(=O)c3ccccc3)c2)cc1. The number of amides is 1. The first-order chi connectivity index (χ1) is 13.3. The van der Waals surface area contributed by atoms with Gasteiger partial charge in [0.15, 0.2) is 5.78 Å². The van der Waals surface area contributed by atoms with Gasteiger partial charge >= 0.3 is 0 Å². The standard InChI is InChI=1S/C21H18N2O4S/c1-15(24)16-10-12-18(13-11-16)22-21(25)17-6-5-7-19(14-17)23-28(26,27)20-8-3-2-4-9-20/h2-14,23H,1H3,(H,22,25). The number of sulfonamides is 1. The summed E-state index contributed by atoms with van der Waals surface area (Å²) in [4.78, 5) is 23.9. The molecule has 6 nitrogen and oxygen atoms in total. The second-order valence-corrected chi connectivity index (χ2v) is 7.77. The second kappa shape index (κ2) is 8.06. The zero-order valence-electron chi connectivity index (χ0n) is 15.0. The third-order valence-corrected chi connectivity index (χ3v) is 5.38. The van der Waals surface area contributed by atoms with Gasteiger partial charge < -0.3 is 5.32 Å². The molecule has 0 aliphatic heterocycles. The normalized spacial score (nSPS) is 10.9. The van der Waals surface area contributed by atoms with E-state index in [9.17, 15) is 18.0 Å². The molecule has 2 N–H and O–H groups in total. The fraction of sp³-hybridized carbons (Fsp3) is 0.0476. The lowest BCUT2D eigenvalue weighted by atomic mass is 10.1. The molecule has 3 rings (SSSR count). The van der Waals surface area contributed by atoms with Crippen LogP contribution in [0.4, 0.5) is 11.4 Å². The highest BCUT2D eigenvalue weighted by Crippen LogP contribution is 2.18. The molecule has 0 heterocycles. The van der Waals surface area contributed by atoms with Crippen LogP contribution in [0.5, 0.6) is 0 Å². The number of hydrogen-bond donors (Lipinski definition) is 2. The Morgan fingerprint density at radius 1 is 0.750 bits per heavy atom. The Morgan fingerprint density at radius 2 is 1.43 bits per heavy atom. The van der Waals surface area contributed by atoms with Gasteiger partial charge in [-0.15, -0.1) is 0 Å². The number of nitrogens with one attached hydrogen (secondary N) is 2. The molecule has 1 amide bonds. The van der Waals surface area contributed by atoms with Gasteiger partial charge in [-0.05, 0) is 61.5 Å². The van der Waals surface area contributed by atoms with Gasteiger partial charge in [0, 0.05) is 22.5 Å². The lowest BCUT2D eigenvalue weighted by molar-refractivity contribution is 0.101. The van der Waals surface area contributed by atoms with Crippen LogP contribution >= 0.6 is 0 Å². The average molecular weight is 394 g/mol. The Kier molecular flexibility index (Phi) is 5.56. The van der Waals surface area contributed by atoms with Crippen molar-refractivity contribution in [2.75, 3.05) is 10.0 Å². The van der Waals surface area contributed by atoms with Gasteiger partial charge in [-0.1, -0.05) is 24.3 Å². The van der Waals surface area contributed by atoms with Crippen molar-refractivity contribution < 1.29 is 18.0 Å². The van der Waals surface area contributed by atoms with E-state index in [2.05, 4.69) is 10.0 Å². The summed E-state index contributed by atoms with van der Waals surface area (Å²) < 4.78 is 27.3. The van der Waals surface area contributed by atoms with E-state index in [0.717, 1.165) is 0 Å². The molecule has 0 fully saturated rings. The Balaban J connectivity index is 1.75. The molecular weight excluding hydrogens is 376 g/mol. The quantitative estimate of drug-likeness (QED) is 0.620. The maximum Gasteiger partial charge on any atom is 0.261 e. The van der Waals surface area contributed by atoms with E-state index in [0.29, 0.717) is 16.8 Å². The molecule has 3 aromatic carbocycles. The molecule has 0 unspecified atom stereocenters. The van der Waals surface area contributed by atoms with Crippen molar-refractivity contribution in [2.24, 2.45) is 0 Å². The van der Waals surface area contributed by atoms with E-state index in [-0.39, 0.29) is 16.4 Å².